The molecule has 3 aliphatic rings. The van der Waals surface area contributed by atoms with Gasteiger partial charge in [-0.05, 0) is 31.2 Å². The molecule has 2 aromatic heterocycles. The first-order valence-corrected chi connectivity index (χ1v) is 12.7. The minimum Gasteiger partial charge on any atom is -0.378 e. The second kappa shape index (κ2) is 10.6. The van der Waals surface area contributed by atoms with Gasteiger partial charge in [0, 0.05) is 68.2 Å². The van der Waals surface area contributed by atoms with E-state index < -0.39 is 0 Å². The first-order valence-electron chi connectivity index (χ1n) is 12.7. The third kappa shape index (κ3) is 5.35. The number of nitrogens with zero attached hydrogens (tertiary/aromatic N) is 5. The summed E-state index contributed by atoms with van der Waals surface area (Å²) >= 11 is 0. The number of pyridine rings is 1. The smallest absolute Gasteiger partial charge is 0.225 e. The molecule has 1 amide bonds. The zero-order valence-corrected chi connectivity index (χ0v) is 19.5. The van der Waals surface area contributed by atoms with E-state index in [-0.39, 0.29) is 5.92 Å². The summed E-state index contributed by atoms with van der Waals surface area (Å²) in [5, 5.41) is 0. The number of anilines is 1. The molecular formula is C26H35N5O2. The minimum absolute atomic E-state index is 0.215. The third-order valence-electron chi connectivity index (χ3n) is 7.47. The Morgan fingerprint density at radius 2 is 1.91 bits per heavy atom. The molecule has 1 saturated carbocycles. The van der Waals surface area contributed by atoms with Crippen LogP contribution in [0.2, 0.25) is 0 Å². The van der Waals surface area contributed by atoms with Crippen LogP contribution in [0, 0.1) is 5.92 Å². The Morgan fingerprint density at radius 1 is 1.06 bits per heavy atom. The van der Waals surface area contributed by atoms with E-state index in [2.05, 4.69) is 20.9 Å². The van der Waals surface area contributed by atoms with Gasteiger partial charge >= 0.3 is 0 Å². The molecule has 2 saturated heterocycles. The summed E-state index contributed by atoms with van der Waals surface area (Å²) < 4.78 is 5.51. The molecule has 0 aromatic carbocycles. The molecule has 7 heteroatoms. The van der Waals surface area contributed by atoms with E-state index in [1.54, 1.807) is 6.20 Å². The molecule has 1 aliphatic carbocycles. The molecule has 2 aliphatic heterocycles. The average Bonchev–Trinajstić information content (AvgIpc) is 3.42. The van der Waals surface area contributed by atoms with Crippen molar-refractivity contribution < 1.29 is 9.53 Å². The highest BCUT2D eigenvalue weighted by Crippen LogP contribution is 2.35. The van der Waals surface area contributed by atoms with Gasteiger partial charge in [-0.1, -0.05) is 31.7 Å². The molecule has 1 atom stereocenters. The van der Waals surface area contributed by atoms with Crippen LogP contribution >= 0.6 is 0 Å². The van der Waals surface area contributed by atoms with Crippen LogP contribution in [-0.2, 0) is 9.53 Å². The highest BCUT2D eigenvalue weighted by molar-refractivity contribution is 5.76. The van der Waals surface area contributed by atoms with Crippen molar-refractivity contribution in [2.24, 2.45) is 5.92 Å². The van der Waals surface area contributed by atoms with Crippen molar-refractivity contribution in [3.8, 4) is 11.1 Å². The Morgan fingerprint density at radius 3 is 2.70 bits per heavy atom. The third-order valence-corrected chi connectivity index (χ3v) is 7.47. The number of carbonyl (C=O) groups excluding carboxylic acids is 1. The molecule has 0 spiro atoms. The fourth-order valence-electron chi connectivity index (χ4n) is 5.57. The van der Waals surface area contributed by atoms with Crippen molar-refractivity contribution in [1.29, 1.82) is 0 Å². The topological polar surface area (TPSA) is 71.5 Å². The van der Waals surface area contributed by atoms with Gasteiger partial charge in [0.1, 0.15) is 0 Å². The lowest BCUT2D eigenvalue weighted by Crippen LogP contribution is -2.40. The Bertz CT molecular complexity index is 926. The van der Waals surface area contributed by atoms with Crippen LogP contribution in [0.1, 0.15) is 63.0 Å². The summed E-state index contributed by atoms with van der Waals surface area (Å²) in [7, 11) is 0. The number of aromatic nitrogens is 3. The molecule has 0 bridgehead atoms. The predicted octanol–water partition coefficient (Wildman–Crippen LogP) is 4.05. The highest BCUT2D eigenvalue weighted by Gasteiger charge is 2.29. The lowest BCUT2D eigenvalue weighted by molar-refractivity contribution is -0.132. The number of hydrogen-bond donors (Lipinski definition) is 0. The fraction of sp³-hybridized carbons (Fsp3) is 0.615. The summed E-state index contributed by atoms with van der Waals surface area (Å²) in [4.78, 5) is 31.5. The number of carbonyl (C=O) groups is 1. The minimum atomic E-state index is 0.215. The number of morpholine rings is 1. The van der Waals surface area contributed by atoms with Crippen molar-refractivity contribution in [3.63, 3.8) is 0 Å². The van der Waals surface area contributed by atoms with Gasteiger partial charge < -0.3 is 14.5 Å². The van der Waals surface area contributed by atoms with E-state index in [1.807, 2.05) is 18.5 Å². The van der Waals surface area contributed by atoms with Crippen molar-refractivity contribution in [3.05, 3.63) is 36.4 Å². The van der Waals surface area contributed by atoms with Gasteiger partial charge in [-0.3, -0.25) is 9.78 Å². The number of ether oxygens (including phenoxy) is 1. The largest absolute Gasteiger partial charge is 0.378 e. The fourth-order valence-corrected chi connectivity index (χ4v) is 5.57. The van der Waals surface area contributed by atoms with Crippen LogP contribution in [0.25, 0.3) is 11.1 Å². The standard InChI is InChI=1S/C26H35N5O2/c32-24(10-9-20-5-1-2-6-20)31-12-4-8-22(19-31)25-23(21-7-3-11-27-17-21)18-28-26(29-25)30-13-15-33-16-14-30/h3,7,11,17-18,20,22H,1-2,4-6,8-10,12-16,19H2. The molecule has 176 valence electrons. The van der Waals surface area contributed by atoms with E-state index in [4.69, 9.17) is 14.7 Å². The molecule has 4 heterocycles. The van der Waals surface area contributed by atoms with Gasteiger partial charge in [0.05, 0.1) is 18.9 Å². The quantitative estimate of drug-likeness (QED) is 0.663. The Hall–Kier alpha value is -2.54. The number of likely N-dealkylation sites (tertiary alicyclic amines) is 1. The van der Waals surface area contributed by atoms with Crippen molar-refractivity contribution in [2.45, 2.75) is 57.3 Å². The zero-order valence-electron chi connectivity index (χ0n) is 19.5. The van der Waals surface area contributed by atoms with Gasteiger partial charge in [0.25, 0.3) is 0 Å². The predicted molar refractivity (Wildman–Crippen MR) is 128 cm³/mol. The molecular weight excluding hydrogens is 414 g/mol. The molecule has 5 rings (SSSR count). The summed E-state index contributed by atoms with van der Waals surface area (Å²) in [5.74, 6) is 2.06. The van der Waals surface area contributed by atoms with E-state index >= 15 is 0 Å². The normalized spacial score (nSPS) is 22.0. The second-order valence-electron chi connectivity index (χ2n) is 9.68. The lowest BCUT2D eigenvalue weighted by atomic mass is 9.90. The monoisotopic (exact) mass is 449 g/mol. The summed E-state index contributed by atoms with van der Waals surface area (Å²) in [6.45, 7) is 4.63. The number of piperidine rings is 1. The maximum atomic E-state index is 13.1. The average molecular weight is 450 g/mol. The molecule has 0 N–H and O–H groups in total. The highest BCUT2D eigenvalue weighted by atomic mass is 16.5. The Balaban J connectivity index is 1.36. The molecule has 0 radical (unpaired) electrons. The van der Waals surface area contributed by atoms with Gasteiger partial charge in [0.15, 0.2) is 0 Å². The van der Waals surface area contributed by atoms with Crippen LogP contribution < -0.4 is 4.90 Å². The second-order valence-corrected chi connectivity index (χ2v) is 9.68. The lowest BCUT2D eigenvalue weighted by Gasteiger charge is -2.34. The molecule has 33 heavy (non-hydrogen) atoms. The van der Waals surface area contributed by atoms with Crippen LogP contribution in [0.4, 0.5) is 5.95 Å². The molecule has 1 unspecified atom stereocenters. The number of amides is 1. The van der Waals surface area contributed by atoms with Crippen LogP contribution in [0.3, 0.4) is 0 Å². The van der Waals surface area contributed by atoms with Crippen molar-refractivity contribution in [2.75, 3.05) is 44.3 Å². The van der Waals surface area contributed by atoms with Crippen molar-refractivity contribution >= 4 is 11.9 Å². The summed E-state index contributed by atoms with van der Waals surface area (Å²) in [6, 6.07) is 4.02. The molecule has 2 aromatic rings. The Labute approximate surface area is 196 Å². The van der Waals surface area contributed by atoms with Gasteiger partial charge in [-0.15, -0.1) is 0 Å². The van der Waals surface area contributed by atoms with E-state index in [9.17, 15) is 4.79 Å². The zero-order chi connectivity index (χ0) is 22.5. The van der Waals surface area contributed by atoms with Gasteiger partial charge in [-0.25, -0.2) is 9.97 Å². The van der Waals surface area contributed by atoms with Gasteiger partial charge in [-0.2, -0.15) is 0 Å². The number of hydrogen-bond acceptors (Lipinski definition) is 6. The van der Waals surface area contributed by atoms with Crippen molar-refractivity contribution in [1.82, 2.24) is 19.9 Å². The maximum Gasteiger partial charge on any atom is 0.225 e. The molecule has 7 nitrogen and oxygen atoms in total. The van der Waals surface area contributed by atoms with Crippen LogP contribution in [0.15, 0.2) is 30.7 Å². The first-order chi connectivity index (χ1) is 16.3. The SMILES string of the molecule is O=C(CCC1CCCC1)N1CCCC(c2nc(N3CCOCC3)ncc2-c2cccnc2)C1. The van der Waals surface area contributed by atoms with E-state index in [0.717, 1.165) is 74.1 Å². The van der Waals surface area contributed by atoms with E-state index in [0.29, 0.717) is 25.5 Å². The summed E-state index contributed by atoms with van der Waals surface area (Å²) in [5.41, 5.74) is 3.11. The number of rotatable bonds is 6. The van der Waals surface area contributed by atoms with E-state index in [1.165, 1.54) is 25.7 Å². The van der Waals surface area contributed by atoms with Gasteiger partial charge in [0.2, 0.25) is 11.9 Å². The Kier molecular flexibility index (Phi) is 7.15. The maximum absolute atomic E-state index is 13.1. The first kappa shape index (κ1) is 22.3. The molecule has 3 fully saturated rings. The van der Waals surface area contributed by atoms with Crippen LogP contribution in [0.5, 0.6) is 0 Å². The summed E-state index contributed by atoms with van der Waals surface area (Å²) in [6.07, 6.45) is 14.7. The van der Waals surface area contributed by atoms with Crippen LogP contribution in [-0.4, -0.2) is 65.2 Å².